The number of carbonyl (C=O) groups is 2. The predicted octanol–water partition coefficient (Wildman–Crippen LogP) is 7.61. The van der Waals surface area contributed by atoms with Crippen LogP contribution < -0.4 is 10.6 Å². The maximum atomic E-state index is 13.0. The monoisotopic (exact) mass is 565 g/mol. The van der Waals surface area contributed by atoms with Crippen molar-refractivity contribution in [3.63, 3.8) is 0 Å². The third kappa shape index (κ3) is 5.38. The Bertz CT molecular complexity index is 1380. The van der Waals surface area contributed by atoms with Gasteiger partial charge in [0.1, 0.15) is 10.4 Å². The van der Waals surface area contributed by atoms with Gasteiger partial charge in [0.05, 0.1) is 27.8 Å². The molecular formula is C25H16Cl5N3O2. The van der Waals surface area contributed by atoms with E-state index in [1.54, 1.807) is 42.5 Å². The van der Waals surface area contributed by atoms with E-state index < -0.39 is 28.0 Å². The number of nitrogens with zero attached hydrogens (tertiary/aromatic N) is 1. The molecule has 2 unspecified atom stereocenters. The van der Waals surface area contributed by atoms with Crippen LogP contribution in [0.25, 0.3) is 0 Å². The summed E-state index contributed by atoms with van der Waals surface area (Å²) in [5.41, 5.74) is 2.65. The van der Waals surface area contributed by atoms with E-state index in [2.05, 4.69) is 16.7 Å². The molecule has 3 aromatic carbocycles. The zero-order valence-corrected chi connectivity index (χ0v) is 21.8. The van der Waals surface area contributed by atoms with Crippen LogP contribution >= 0.6 is 58.0 Å². The van der Waals surface area contributed by atoms with Crippen molar-refractivity contribution in [3.8, 4) is 6.07 Å². The van der Waals surface area contributed by atoms with E-state index in [9.17, 15) is 14.9 Å². The molecule has 0 spiro atoms. The number of carbonyl (C=O) groups excluding carboxylic acids is 2. The highest BCUT2D eigenvalue weighted by Gasteiger charge is 2.67. The fourth-order valence-corrected chi connectivity index (χ4v) is 5.44. The lowest BCUT2D eigenvalue weighted by Crippen LogP contribution is -2.18. The minimum Gasteiger partial charge on any atom is -0.326 e. The Morgan fingerprint density at radius 2 is 1.63 bits per heavy atom. The summed E-state index contributed by atoms with van der Waals surface area (Å²) in [6, 6.07) is 16.5. The quantitative estimate of drug-likeness (QED) is 0.312. The predicted molar refractivity (Wildman–Crippen MR) is 141 cm³/mol. The number of rotatable bonds is 5. The van der Waals surface area contributed by atoms with Gasteiger partial charge in [0.25, 0.3) is 5.91 Å². The van der Waals surface area contributed by atoms with Gasteiger partial charge in [-0.1, -0.05) is 40.9 Å². The highest BCUT2D eigenvalue weighted by atomic mass is 35.5. The van der Waals surface area contributed by atoms with Crippen LogP contribution in [0.1, 0.15) is 33.0 Å². The Morgan fingerprint density at radius 1 is 0.943 bits per heavy atom. The summed E-state index contributed by atoms with van der Waals surface area (Å²) in [4.78, 5) is 25.9. The zero-order chi connectivity index (χ0) is 25.5. The Labute approximate surface area is 226 Å². The van der Waals surface area contributed by atoms with Crippen molar-refractivity contribution in [1.82, 2.24) is 0 Å². The Morgan fingerprint density at radius 3 is 2.29 bits per heavy atom. The molecule has 2 atom stereocenters. The van der Waals surface area contributed by atoms with Crippen molar-refractivity contribution < 1.29 is 9.59 Å². The molecule has 2 amide bonds. The van der Waals surface area contributed by atoms with Gasteiger partial charge in [0.2, 0.25) is 5.91 Å². The molecule has 0 saturated heterocycles. The molecule has 35 heavy (non-hydrogen) atoms. The van der Waals surface area contributed by atoms with Crippen LogP contribution in [0.5, 0.6) is 0 Å². The van der Waals surface area contributed by atoms with Gasteiger partial charge in [-0.05, 0) is 66.6 Å². The topological polar surface area (TPSA) is 82.0 Å². The first-order chi connectivity index (χ1) is 16.5. The van der Waals surface area contributed by atoms with Crippen molar-refractivity contribution in [2.24, 2.45) is 5.92 Å². The summed E-state index contributed by atoms with van der Waals surface area (Å²) in [5.74, 6) is -2.24. The first kappa shape index (κ1) is 25.6. The number of hydrogen-bond donors (Lipinski definition) is 2. The van der Waals surface area contributed by atoms with Gasteiger partial charge in [-0.25, -0.2) is 0 Å². The average Bonchev–Trinajstić information content (AvgIpc) is 3.37. The van der Waals surface area contributed by atoms with Crippen molar-refractivity contribution >= 4 is 81.2 Å². The van der Waals surface area contributed by atoms with Gasteiger partial charge in [-0.15, -0.1) is 23.2 Å². The number of nitriles is 1. The number of halogens is 5. The molecule has 0 aliphatic heterocycles. The number of nitrogens with one attached hydrogen (secondary N) is 2. The summed E-state index contributed by atoms with van der Waals surface area (Å²) in [5, 5.41) is 15.8. The minimum absolute atomic E-state index is 0.117. The maximum absolute atomic E-state index is 13.0. The first-order valence-corrected chi connectivity index (χ1v) is 12.2. The van der Waals surface area contributed by atoms with Gasteiger partial charge in [0.15, 0.2) is 0 Å². The van der Waals surface area contributed by atoms with Crippen LogP contribution in [-0.4, -0.2) is 16.1 Å². The molecule has 178 valence electrons. The summed E-state index contributed by atoms with van der Waals surface area (Å²) in [6.07, 6.45) is 0. The number of amides is 2. The van der Waals surface area contributed by atoms with Crippen molar-refractivity contribution in [2.75, 3.05) is 10.6 Å². The Kier molecular flexibility index (Phi) is 7.24. The van der Waals surface area contributed by atoms with E-state index >= 15 is 0 Å². The van der Waals surface area contributed by atoms with E-state index in [-0.39, 0.29) is 10.6 Å². The highest BCUT2D eigenvalue weighted by Crippen LogP contribution is 2.65. The van der Waals surface area contributed by atoms with Gasteiger partial charge >= 0.3 is 0 Å². The fraction of sp³-hybridized carbons (Fsp3) is 0.160. The summed E-state index contributed by atoms with van der Waals surface area (Å²) in [7, 11) is 0. The van der Waals surface area contributed by atoms with E-state index in [0.29, 0.717) is 32.5 Å². The van der Waals surface area contributed by atoms with Crippen molar-refractivity contribution in [1.29, 1.82) is 5.26 Å². The van der Waals surface area contributed by atoms with E-state index in [0.717, 1.165) is 5.56 Å². The van der Waals surface area contributed by atoms with Crippen LogP contribution in [0, 0.1) is 24.2 Å². The summed E-state index contributed by atoms with van der Waals surface area (Å²) >= 11 is 31.2. The second-order valence-corrected chi connectivity index (χ2v) is 10.9. The van der Waals surface area contributed by atoms with Crippen molar-refractivity contribution in [3.05, 3.63) is 91.9 Å². The number of aryl methyl sites for hydroxylation is 1. The molecule has 1 saturated carbocycles. The highest BCUT2D eigenvalue weighted by molar-refractivity contribution is 6.53. The van der Waals surface area contributed by atoms with Gasteiger partial charge in [-0.2, -0.15) is 5.26 Å². The lowest BCUT2D eigenvalue weighted by molar-refractivity contribution is -0.117. The molecule has 3 aromatic rings. The Balaban J connectivity index is 1.53. The second kappa shape index (κ2) is 9.89. The number of alkyl halides is 2. The molecule has 5 nitrogen and oxygen atoms in total. The molecule has 1 fully saturated rings. The standard InChI is InChI=1S/C25H16Cl5N3O2/c1-12-2-5-20(14(6-12)11-31)33-23(34)18-10-17(3-4-19(18)28)32-24(35)22-21(25(22,29)30)13-7-15(26)9-16(27)8-13/h2-10,21-22H,1H3,(H,32,35)(H,33,34). The van der Waals surface area contributed by atoms with E-state index in [1.165, 1.54) is 12.1 Å². The molecule has 1 aliphatic carbocycles. The third-order valence-corrected chi connectivity index (χ3v) is 7.31. The molecule has 0 bridgehead atoms. The lowest BCUT2D eigenvalue weighted by Gasteiger charge is -2.11. The van der Waals surface area contributed by atoms with Crippen LogP contribution in [-0.2, 0) is 4.79 Å². The normalized spacial score (nSPS) is 17.9. The molecule has 0 aromatic heterocycles. The average molecular weight is 568 g/mol. The number of benzene rings is 3. The fourth-order valence-electron chi connectivity index (χ4n) is 3.87. The minimum atomic E-state index is -1.34. The molecule has 1 aliphatic rings. The number of hydrogen-bond acceptors (Lipinski definition) is 3. The van der Waals surface area contributed by atoms with Gasteiger partial charge in [-0.3, -0.25) is 9.59 Å². The second-order valence-electron chi connectivity index (χ2n) is 8.13. The summed E-state index contributed by atoms with van der Waals surface area (Å²) < 4.78 is -1.34. The van der Waals surface area contributed by atoms with Gasteiger partial charge < -0.3 is 10.6 Å². The van der Waals surface area contributed by atoms with Crippen LogP contribution in [0.4, 0.5) is 11.4 Å². The van der Waals surface area contributed by atoms with Crippen LogP contribution in [0.3, 0.4) is 0 Å². The molecule has 0 radical (unpaired) electrons. The molecule has 2 N–H and O–H groups in total. The van der Waals surface area contributed by atoms with Crippen LogP contribution in [0.2, 0.25) is 15.1 Å². The summed E-state index contributed by atoms with van der Waals surface area (Å²) in [6.45, 7) is 1.84. The SMILES string of the molecule is Cc1ccc(NC(=O)c2cc(NC(=O)C3C(c4cc(Cl)cc(Cl)c4)C3(Cl)Cl)ccc2Cl)c(C#N)c1. The lowest BCUT2D eigenvalue weighted by atomic mass is 10.1. The van der Waals surface area contributed by atoms with Crippen molar-refractivity contribution in [2.45, 2.75) is 17.2 Å². The first-order valence-electron chi connectivity index (χ1n) is 10.3. The largest absolute Gasteiger partial charge is 0.326 e. The third-order valence-electron chi connectivity index (χ3n) is 5.60. The van der Waals surface area contributed by atoms with E-state index in [4.69, 9.17) is 58.0 Å². The molecular weight excluding hydrogens is 552 g/mol. The molecule has 0 heterocycles. The number of anilines is 2. The Hall–Kier alpha value is -2.46. The van der Waals surface area contributed by atoms with E-state index in [1.807, 2.05) is 6.92 Å². The molecule has 4 rings (SSSR count). The van der Waals surface area contributed by atoms with Gasteiger partial charge in [0, 0.05) is 21.7 Å². The molecule has 10 heteroatoms. The smallest absolute Gasteiger partial charge is 0.257 e. The van der Waals surface area contributed by atoms with Crippen LogP contribution in [0.15, 0.2) is 54.6 Å². The zero-order valence-electron chi connectivity index (χ0n) is 18.0. The maximum Gasteiger partial charge on any atom is 0.257 e.